The molecule has 1 heteroatoms. The topological polar surface area (TPSA) is 0 Å². The van der Waals surface area contributed by atoms with Gasteiger partial charge in [0.1, 0.15) is 0 Å². The van der Waals surface area contributed by atoms with Gasteiger partial charge >= 0.3 is 74.8 Å². The van der Waals surface area contributed by atoms with E-state index >= 15 is 0 Å². The monoisotopic (exact) mass is 192 g/mol. The summed E-state index contributed by atoms with van der Waals surface area (Å²) >= 11 is 1.50. The SMILES string of the molecule is C/C=C/C=[CH]/[Ni]/[CH]=C/C=C/C. The molecule has 0 amide bonds. The molecule has 0 aromatic heterocycles. The van der Waals surface area contributed by atoms with Crippen molar-refractivity contribution in [2.45, 2.75) is 13.8 Å². The molecule has 0 saturated heterocycles. The van der Waals surface area contributed by atoms with Crippen LogP contribution in [0.1, 0.15) is 13.8 Å². The van der Waals surface area contributed by atoms with Crippen molar-refractivity contribution in [3.8, 4) is 0 Å². The molecule has 0 aromatic carbocycles. The standard InChI is InChI=1S/2C5H7.Ni/c2*1-3-5-4-2;/h2*1,3-5H,2H3;/b2*3-1?,5-4+;. The molecule has 0 N–H and O–H groups in total. The van der Waals surface area contributed by atoms with E-state index in [9.17, 15) is 0 Å². The Morgan fingerprint density at radius 2 is 1.18 bits per heavy atom. The Morgan fingerprint density at radius 1 is 0.727 bits per heavy atom. The van der Waals surface area contributed by atoms with Crippen LogP contribution in [-0.4, -0.2) is 0 Å². The molecule has 0 unspecified atom stereocenters. The maximum absolute atomic E-state index is 2.06. The minimum absolute atomic E-state index is 1.50. The van der Waals surface area contributed by atoms with Crippen LogP contribution in [0, 0.1) is 0 Å². The first kappa shape index (κ1) is 10.5. The molecule has 0 aliphatic carbocycles. The first-order valence-electron chi connectivity index (χ1n) is 3.52. The first-order chi connectivity index (χ1) is 5.41. The molecule has 0 aliphatic heterocycles. The zero-order valence-electron chi connectivity index (χ0n) is 6.94. The molecule has 0 heterocycles. The van der Waals surface area contributed by atoms with Gasteiger partial charge in [0.25, 0.3) is 0 Å². The van der Waals surface area contributed by atoms with E-state index in [1.54, 1.807) is 0 Å². The summed E-state index contributed by atoms with van der Waals surface area (Å²) in [7, 11) is 0. The van der Waals surface area contributed by atoms with Gasteiger partial charge in [0.05, 0.1) is 0 Å². The first-order valence-corrected chi connectivity index (χ1v) is 4.66. The van der Waals surface area contributed by atoms with Crippen LogP contribution in [0.2, 0.25) is 0 Å². The van der Waals surface area contributed by atoms with Crippen LogP contribution < -0.4 is 0 Å². The fraction of sp³-hybridized carbons (Fsp3) is 0.200. The molecule has 0 atom stereocenters. The van der Waals surface area contributed by atoms with Crippen LogP contribution in [0.5, 0.6) is 0 Å². The molecule has 0 bridgehead atoms. The van der Waals surface area contributed by atoms with Gasteiger partial charge in [-0.25, -0.2) is 0 Å². The van der Waals surface area contributed by atoms with Crippen molar-refractivity contribution in [2.24, 2.45) is 0 Å². The van der Waals surface area contributed by atoms with Gasteiger partial charge in [-0.2, -0.15) is 0 Å². The normalized spacial score (nSPS) is 13.6. The third-order valence-electron chi connectivity index (χ3n) is 0.851. The Morgan fingerprint density at radius 3 is 1.55 bits per heavy atom. The molecule has 0 nitrogen and oxygen atoms in total. The van der Waals surface area contributed by atoms with Crippen LogP contribution >= 0.6 is 0 Å². The van der Waals surface area contributed by atoms with E-state index in [1.807, 2.05) is 50.3 Å². The number of allylic oxidation sites excluding steroid dienone is 6. The maximum atomic E-state index is 2.06. The van der Waals surface area contributed by atoms with E-state index in [-0.39, 0.29) is 0 Å². The van der Waals surface area contributed by atoms with Gasteiger partial charge in [0, 0.05) is 0 Å². The number of hydrogen-bond acceptors (Lipinski definition) is 0. The van der Waals surface area contributed by atoms with Gasteiger partial charge in [-0.15, -0.1) is 0 Å². The van der Waals surface area contributed by atoms with Crippen molar-refractivity contribution in [1.82, 2.24) is 0 Å². The molecule has 11 heavy (non-hydrogen) atoms. The Balaban J connectivity index is 3.40. The van der Waals surface area contributed by atoms with Crippen LogP contribution in [-0.2, 0) is 14.4 Å². The Labute approximate surface area is 75.2 Å². The molecule has 0 radical (unpaired) electrons. The van der Waals surface area contributed by atoms with Crippen LogP contribution in [0.25, 0.3) is 0 Å². The molecule has 0 aromatic rings. The van der Waals surface area contributed by atoms with Gasteiger partial charge in [0.15, 0.2) is 0 Å². The summed E-state index contributed by atoms with van der Waals surface area (Å²) < 4.78 is 0. The average Bonchev–Trinajstić information content (AvgIpc) is 2.03. The third-order valence-corrected chi connectivity index (χ3v) is 1.61. The van der Waals surface area contributed by atoms with Crippen molar-refractivity contribution < 1.29 is 14.4 Å². The second kappa shape index (κ2) is 9.45. The van der Waals surface area contributed by atoms with E-state index < -0.39 is 0 Å². The molecule has 0 rings (SSSR count). The van der Waals surface area contributed by atoms with E-state index in [0.717, 1.165) is 0 Å². The van der Waals surface area contributed by atoms with Crippen LogP contribution in [0.4, 0.5) is 0 Å². The zero-order valence-corrected chi connectivity index (χ0v) is 7.92. The van der Waals surface area contributed by atoms with Crippen molar-refractivity contribution in [3.05, 3.63) is 46.5 Å². The average molecular weight is 193 g/mol. The number of rotatable bonds is 4. The summed E-state index contributed by atoms with van der Waals surface area (Å²) in [6, 6.07) is 0. The Kier molecular flexibility index (Phi) is 8.98. The number of hydrogen-bond donors (Lipinski definition) is 0. The molecule has 0 saturated carbocycles. The summed E-state index contributed by atoms with van der Waals surface area (Å²) in [4.78, 5) is 0. The quantitative estimate of drug-likeness (QED) is 0.474. The summed E-state index contributed by atoms with van der Waals surface area (Å²) in [6.45, 7) is 4.01. The summed E-state index contributed by atoms with van der Waals surface area (Å²) in [6.07, 6.45) is 12.1. The fourth-order valence-electron chi connectivity index (χ4n) is 0.398. The third kappa shape index (κ3) is 9.45. The van der Waals surface area contributed by atoms with Gasteiger partial charge in [-0.05, 0) is 0 Å². The molecule has 0 aliphatic rings. The Hall–Kier alpha value is -0.546. The van der Waals surface area contributed by atoms with Gasteiger partial charge in [-0.1, -0.05) is 0 Å². The second-order valence-electron chi connectivity index (χ2n) is 1.75. The molecular weight excluding hydrogens is 179 g/mol. The summed E-state index contributed by atoms with van der Waals surface area (Å²) in [5, 5.41) is 4.12. The van der Waals surface area contributed by atoms with Gasteiger partial charge < -0.3 is 0 Å². The summed E-state index contributed by atoms with van der Waals surface area (Å²) in [5.41, 5.74) is 0. The van der Waals surface area contributed by atoms with E-state index in [0.29, 0.717) is 0 Å². The Bertz CT molecular complexity index is 153. The van der Waals surface area contributed by atoms with Crippen molar-refractivity contribution in [3.63, 3.8) is 0 Å². The second-order valence-corrected chi connectivity index (χ2v) is 2.74. The van der Waals surface area contributed by atoms with Crippen LogP contribution in [0.3, 0.4) is 0 Å². The molecule has 0 fully saturated rings. The van der Waals surface area contributed by atoms with E-state index in [2.05, 4.69) is 10.1 Å². The molecule has 0 spiro atoms. The predicted molar refractivity (Wildman–Crippen MR) is 47.9 cm³/mol. The van der Waals surface area contributed by atoms with Gasteiger partial charge in [0.2, 0.25) is 0 Å². The van der Waals surface area contributed by atoms with Crippen LogP contribution in [0.15, 0.2) is 46.5 Å². The van der Waals surface area contributed by atoms with Crippen molar-refractivity contribution in [2.75, 3.05) is 0 Å². The van der Waals surface area contributed by atoms with Crippen molar-refractivity contribution >= 4 is 0 Å². The predicted octanol–water partition coefficient (Wildman–Crippen LogP) is 3.25. The zero-order chi connectivity index (χ0) is 8.36. The minimum atomic E-state index is 1.50. The molecular formula is C10H14Ni. The van der Waals surface area contributed by atoms with Crippen molar-refractivity contribution in [1.29, 1.82) is 0 Å². The van der Waals surface area contributed by atoms with E-state index in [4.69, 9.17) is 0 Å². The summed E-state index contributed by atoms with van der Waals surface area (Å²) in [5.74, 6) is 0. The van der Waals surface area contributed by atoms with Gasteiger partial charge in [-0.3, -0.25) is 0 Å². The molecule has 64 valence electrons. The van der Waals surface area contributed by atoms with E-state index in [1.165, 1.54) is 14.4 Å². The fourth-order valence-corrected chi connectivity index (χ4v) is 0.947.